The highest BCUT2D eigenvalue weighted by molar-refractivity contribution is 9.10. The molecule has 1 nitrogen and oxygen atoms in total. The number of rotatable bonds is 9. The molecular weight excluding hydrogens is 318 g/mol. The van der Waals surface area contributed by atoms with Crippen molar-refractivity contribution in [3.05, 3.63) is 20.3 Å². The Morgan fingerprint density at radius 1 is 1.26 bits per heavy atom. The fraction of sp³-hybridized carbons (Fsp3) is 0.750. The van der Waals surface area contributed by atoms with E-state index in [1.807, 2.05) is 11.3 Å². The predicted molar refractivity (Wildman–Crippen MR) is 91.1 cm³/mol. The molecule has 19 heavy (non-hydrogen) atoms. The van der Waals surface area contributed by atoms with Gasteiger partial charge in [-0.25, -0.2) is 0 Å². The molecule has 0 aromatic carbocycles. The quantitative estimate of drug-likeness (QED) is 0.572. The lowest BCUT2D eigenvalue weighted by Gasteiger charge is -2.27. The van der Waals surface area contributed by atoms with Crippen molar-refractivity contribution in [1.82, 2.24) is 5.32 Å². The van der Waals surface area contributed by atoms with E-state index < -0.39 is 0 Å². The third-order valence-electron chi connectivity index (χ3n) is 3.66. The van der Waals surface area contributed by atoms with Crippen LogP contribution in [0, 0.1) is 12.8 Å². The Kier molecular flexibility index (Phi) is 8.27. The molecule has 1 heterocycles. The first-order chi connectivity index (χ1) is 9.13. The fourth-order valence-corrected chi connectivity index (χ4v) is 4.63. The van der Waals surface area contributed by atoms with Gasteiger partial charge in [-0.15, -0.1) is 11.3 Å². The van der Waals surface area contributed by atoms with E-state index in [-0.39, 0.29) is 0 Å². The minimum atomic E-state index is 0.518. The Morgan fingerprint density at radius 3 is 2.47 bits per heavy atom. The minimum Gasteiger partial charge on any atom is -0.309 e. The van der Waals surface area contributed by atoms with Crippen LogP contribution >= 0.6 is 27.3 Å². The van der Waals surface area contributed by atoms with Crippen LogP contribution in [0.4, 0.5) is 0 Å². The first kappa shape index (κ1) is 17.2. The van der Waals surface area contributed by atoms with Crippen LogP contribution in [-0.2, 0) is 0 Å². The largest absolute Gasteiger partial charge is 0.309 e. The van der Waals surface area contributed by atoms with E-state index in [1.165, 1.54) is 46.3 Å². The number of halogens is 1. The van der Waals surface area contributed by atoms with E-state index in [0.29, 0.717) is 6.04 Å². The van der Waals surface area contributed by atoms with Gasteiger partial charge in [-0.05, 0) is 54.2 Å². The van der Waals surface area contributed by atoms with Crippen molar-refractivity contribution >= 4 is 27.3 Å². The van der Waals surface area contributed by atoms with Gasteiger partial charge in [0.1, 0.15) is 0 Å². The van der Waals surface area contributed by atoms with Crippen molar-refractivity contribution in [1.29, 1.82) is 0 Å². The molecular formula is C16H28BrNS. The van der Waals surface area contributed by atoms with E-state index in [4.69, 9.17) is 0 Å². The fourth-order valence-electron chi connectivity index (χ4n) is 2.56. The summed E-state index contributed by atoms with van der Waals surface area (Å²) in [6.45, 7) is 10.2. The summed E-state index contributed by atoms with van der Waals surface area (Å²) in [6, 6.07) is 2.78. The molecule has 2 atom stereocenters. The number of unbranched alkanes of at least 4 members (excludes halogenated alkanes) is 1. The lowest BCUT2D eigenvalue weighted by atomic mass is 9.90. The Balaban J connectivity index is 2.88. The summed E-state index contributed by atoms with van der Waals surface area (Å²) in [5, 5.41) is 3.78. The normalized spacial score (nSPS) is 14.6. The van der Waals surface area contributed by atoms with Gasteiger partial charge in [-0.2, -0.15) is 0 Å². The van der Waals surface area contributed by atoms with Gasteiger partial charge in [-0.1, -0.05) is 40.0 Å². The van der Waals surface area contributed by atoms with Crippen LogP contribution in [0.5, 0.6) is 0 Å². The third kappa shape index (κ3) is 5.20. The Labute approximate surface area is 131 Å². The summed E-state index contributed by atoms with van der Waals surface area (Å²) < 4.78 is 1.29. The maximum absolute atomic E-state index is 3.78. The maximum atomic E-state index is 3.78. The first-order valence-corrected chi connectivity index (χ1v) is 9.24. The van der Waals surface area contributed by atoms with Crippen LogP contribution in [0.2, 0.25) is 0 Å². The second-order valence-electron chi connectivity index (χ2n) is 5.31. The number of thiophene rings is 1. The van der Waals surface area contributed by atoms with Crippen molar-refractivity contribution in [2.45, 2.75) is 65.8 Å². The van der Waals surface area contributed by atoms with Crippen LogP contribution < -0.4 is 5.32 Å². The lowest BCUT2D eigenvalue weighted by molar-refractivity contribution is 0.327. The zero-order valence-corrected chi connectivity index (χ0v) is 15.2. The molecule has 1 N–H and O–H groups in total. The average molecular weight is 346 g/mol. The molecule has 110 valence electrons. The molecule has 0 bridgehead atoms. The molecule has 1 rings (SSSR count). The highest BCUT2D eigenvalue weighted by Gasteiger charge is 2.24. The van der Waals surface area contributed by atoms with Crippen molar-refractivity contribution in [2.24, 2.45) is 5.92 Å². The van der Waals surface area contributed by atoms with Crippen molar-refractivity contribution in [2.75, 3.05) is 6.54 Å². The zero-order chi connectivity index (χ0) is 14.3. The summed E-state index contributed by atoms with van der Waals surface area (Å²) in [6.07, 6.45) is 6.41. The molecule has 0 aliphatic carbocycles. The summed E-state index contributed by atoms with van der Waals surface area (Å²) in [4.78, 5) is 2.89. The Morgan fingerprint density at radius 2 is 2.00 bits per heavy atom. The van der Waals surface area contributed by atoms with Gasteiger partial charge in [-0.3, -0.25) is 0 Å². The topological polar surface area (TPSA) is 12.0 Å². The molecule has 0 radical (unpaired) electrons. The molecule has 0 saturated carbocycles. The predicted octanol–water partition coefficient (Wildman–Crippen LogP) is 6.08. The van der Waals surface area contributed by atoms with Gasteiger partial charge in [0.15, 0.2) is 0 Å². The molecule has 0 amide bonds. The summed E-state index contributed by atoms with van der Waals surface area (Å²) in [5.74, 6) is 0.751. The second-order valence-corrected chi connectivity index (χ2v) is 7.45. The van der Waals surface area contributed by atoms with Crippen LogP contribution in [0.15, 0.2) is 10.5 Å². The number of nitrogens with one attached hydrogen (secondary N) is 1. The number of aryl methyl sites for hydroxylation is 1. The zero-order valence-electron chi connectivity index (χ0n) is 12.8. The Hall–Kier alpha value is 0.140. The maximum Gasteiger partial charge on any atom is 0.0454 e. The molecule has 2 unspecified atom stereocenters. The van der Waals surface area contributed by atoms with Crippen LogP contribution in [0.1, 0.15) is 68.7 Å². The lowest BCUT2D eigenvalue weighted by Crippen LogP contribution is -2.28. The van der Waals surface area contributed by atoms with Gasteiger partial charge >= 0.3 is 0 Å². The average Bonchev–Trinajstić information content (AvgIpc) is 2.72. The SMILES string of the molecule is CCCCC(CC)C(NCCC)c1sc(C)cc1Br. The van der Waals surface area contributed by atoms with Gasteiger partial charge in [0, 0.05) is 20.3 Å². The first-order valence-electron chi connectivity index (χ1n) is 7.63. The van der Waals surface area contributed by atoms with E-state index in [0.717, 1.165) is 12.5 Å². The van der Waals surface area contributed by atoms with E-state index in [1.54, 1.807) is 0 Å². The third-order valence-corrected chi connectivity index (χ3v) is 5.71. The van der Waals surface area contributed by atoms with Crippen molar-refractivity contribution in [3.63, 3.8) is 0 Å². The molecule has 0 fully saturated rings. The summed E-state index contributed by atoms with van der Waals surface area (Å²) in [7, 11) is 0. The van der Waals surface area contributed by atoms with Gasteiger partial charge in [0.05, 0.1) is 0 Å². The van der Waals surface area contributed by atoms with E-state index >= 15 is 0 Å². The molecule has 0 saturated heterocycles. The highest BCUT2D eigenvalue weighted by atomic mass is 79.9. The Bertz CT molecular complexity index is 362. The van der Waals surface area contributed by atoms with E-state index in [2.05, 4.69) is 55.0 Å². The standard InChI is InChI=1S/C16H28BrNS/c1-5-8-9-13(7-3)15(18-10-6-2)16-14(17)11-12(4)19-16/h11,13,15,18H,5-10H2,1-4H3. The number of hydrogen-bond donors (Lipinski definition) is 1. The van der Waals surface area contributed by atoms with Gasteiger partial charge < -0.3 is 5.32 Å². The van der Waals surface area contributed by atoms with Crippen molar-refractivity contribution < 1.29 is 0 Å². The molecule has 0 aliphatic heterocycles. The molecule has 0 aliphatic rings. The van der Waals surface area contributed by atoms with Gasteiger partial charge in [0.2, 0.25) is 0 Å². The highest BCUT2D eigenvalue weighted by Crippen LogP contribution is 2.38. The summed E-state index contributed by atoms with van der Waals surface area (Å²) >= 11 is 5.69. The molecule has 3 heteroatoms. The smallest absolute Gasteiger partial charge is 0.0454 e. The molecule has 1 aromatic rings. The van der Waals surface area contributed by atoms with Crippen LogP contribution in [-0.4, -0.2) is 6.54 Å². The number of hydrogen-bond acceptors (Lipinski definition) is 2. The van der Waals surface area contributed by atoms with Gasteiger partial charge in [0.25, 0.3) is 0 Å². The summed E-state index contributed by atoms with van der Waals surface area (Å²) in [5.41, 5.74) is 0. The van der Waals surface area contributed by atoms with Crippen LogP contribution in [0.25, 0.3) is 0 Å². The monoisotopic (exact) mass is 345 g/mol. The molecule has 0 spiro atoms. The second kappa shape index (κ2) is 9.15. The molecule has 1 aromatic heterocycles. The van der Waals surface area contributed by atoms with Crippen LogP contribution in [0.3, 0.4) is 0 Å². The van der Waals surface area contributed by atoms with Crippen molar-refractivity contribution in [3.8, 4) is 0 Å². The minimum absolute atomic E-state index is 0.518. The van der Waals surface area contributed by atoms with E-state index in [9.17, 15) is 0 Å².